The normalized spacial score (nSPS) is 17.7. The Morgan fingerprint density at radius 1 is 1.35 bits per heavy atom. The van der Waals surface area contributed by atoms with E-state index in [4.69, 9.17) is 4.74 Å². The molecule has 26 heavy (non-hydrogen) atoms. The molecule has 8 heteroatoms. The molecule has 1 amide bonds. The minimum absolute atomic E-state index is 0.0444. The molecule has 1 fully saturated rings. The number of anilines is 1. The highest BCUT2D eigenvalue weighted by atomic mass is 19.1. The lowest BCUT2D eigenvalue weighted by molar-refractivity contribution is -0.0650. The number of aromatic carboxylic acids is 1. The molecular formula is C18H18FN3O4. The fourth-order valence-electron chi connectivity index (χ4n) is 2.73. The van der Waals surface area contributed by atoms with E-state index in [1.54, 1.807) is 37.3 Å². The zero-order valence-corrected chi connectivity index (χ0v) is 14.1. The number of halogens is 1. The van der Waals surface area contributed by atoms with Crippen molar-refractivity contribution in [1.29, 1.82) is 0 Å². The molecule has 1 saturated heterocycles. The molecular weight excluding hydrogens is 341 g/mol. The van der Waals surface area contributed by atoms with E-state index in [2.05, 4.69) is 4.98 Å². The molecule has 0 bridgehead atoms. The summed E-state index contributed by atoms with van der Waals surface area (Å²) in [4.78, 5) is 28.5. The van der Waals surface area contributed by atoms with Crippen molar-refractivity contribution in [3.63, 3.8) is 0 Å². The highest BCUT2D eigenvalue weighted by Gasteiger charge is 2.33. The molecule has 0 spiro atoms. The number of ether oxygens (including phenoxy) is 1. The lowest BCUT2D eigenvalue weighted by atomic mass is 10.1. The Kier molecular flexibility index (Phi) is 5.24. The number of alkyl halides is 1. The summed E-state index contributed by atoms with van der Waals surface area (Å²) < 4.78 is 19.6. The molecule has 1 unspecified atom stereocenters. The maximum absolute atomic E-state index is 14.5. The molecule has 1 aliphatic rings. The number of morpholine rings is 1. The molecule has 2 aromatic rings. The lowest BCUT2D eigenvalue weighted by Gasteiger charge is -2.39. The molecule has 136 valence electrons. The van der Waals surface area contributed by atoms with Crippen molar-refractivity contribution in [2.45, 2.75) is 13.2 Å². The van der Waals surface area contributed by atoms with Gasteiger partial charge in [-0.2, -0.15) is 5.01 Å². The Balaban J connectivity index is 2.07. The number of benzene rings is 1. The van der Waals surface area contributed by atoms with Gasteiger partial charge in [0.05, 0.1) is 36.4 Å². The minimum Gasteiger partial charge on any atom is -0.478 e. The minimum atomic E-state index is -1.54. The number of nitrogens with zero attached hydrogens (tertiary/aromatic N) is 3. The molecule has 1 aromatic carbocycles. The third kappa shape index (κ3) is 3.56. The quantitative estimate of drug-likeness (QED) is 0.844. The number of hydrogen-bond donors (Lipinski definition) is 1. The largest absolute Gasteiger partial charge is 0.478 e. The summed E-state index contributed by atoms with van der Waals surface area (Å²) in [5, 5.41) is 11.7. The monoisotopic (exact) mass is 359 g/mol. The Hall–Kier alpha value is -2.84. The van der Waals surface area contributed by atoms with Crippen LogP contribution in [0.5, 0.6) is 0 Å². The van der Waals surface area contributed by atoms with Gasteiger partial charge in [0.2, 0.25) is 0 Å². The zero-order chi connectivity index (χ0) is 18.7. The van der Waals surface area contributed by atoms with Crippen molar-refractivity contribution in [2.24, 2.45) is 0 Å². The number of carboxylic acid groups (broad SMARTS) is 1. The highest BCUT2D eigenvalue weighted by Crippen LogP contribution is 2.25. The molecule has 0 aliphatic carbocycles. The fourth-order valence-corrected chi connectivity index (χ4v) is 2.73. The number of carboxylic acids is 1. The summed E-state index contributed by atoms with van der Waals surface area (Å²) in [6.07, 6.45) is -0.170. The topological polar surface area (TPSA) is 83.0 Å². The van der Waals surface area contributed by atoms with Crippen LogP contribution in [0.2, 0.25) is 0 Å². The number of carbonyl (C=O) groups is 2. The fraction of sp³-hybridized carbons (Fsp3) is 0.278. The maximum atomic E-state index is 14.5. The Bertz CT molecular complexity index is 815. The number of aryl methyl sites for hydroxylation is 1. The van der Waals surface area contributed by atoms with Crippen LogP contribution in [0.25, 0.3) is 0 Å². The Morgan fingerprint density at radius 2 is 2.08 bits per heavy atom. The standard InChI is InChI=1S/C18H18FN3O4/c1-12-15(18(24)25)9-14(10-20-12)22(21-7-8-26-11-16(21)19)17(23)13-5-3-2-4-6-13/h2-6,9-10,16H,7-8,11H2,1H3,(H,24,25). The van der Waals surface area contributed by atoms with E-state index in [9.17, 15) is 19.1 Å². The number of rotatable bonds is 4. The average molecular weight is 359 g/mol. The second kappa shape index (κ2) is 7.59. The van der Waals surface area contributed by atoms with Crippen LogP contribution in [0, 0.1) is 6.92 Å². The van der Waals surface area contributed by atoms with E-state index in [0.717, 1.165) is 5.01 Å². The first-order valence-electron chi connectivity index (χ1n) is 8.07. The van der Waals surface area contributed by atoms with E-state index < -0.39 is 18.2 Å². The van der Waals surface area contributed by atoms with Crippen LogP contribution in [0.15, 0.2) is 42.6 Å². The predicted octanol–water partition coefficient (Wildman–Crippen LogP) is 2.28. The van der Waals surface area contributed by atoms with Crippen LogP contribution in [-0.4, -0.2) is 53.0 Å². The molecule has 0 saturated carbocycles. The van der Waals surface area contributed by atoms with E-state index in [-0.39, 0.29) is 31.0 Å². The summed E-state index contributed by atoms with van der Waals surface area (Å²) in [5.74, 6) is -1.64. The van der Waals surface area contributed by atoms with Crippen LogP contribution in [-0.2, 0) is 4.74 Å². The van der Waals surface area contributed by atoms with Gasteiger partial charge < -0.3 is 9.84 Å². The van der Waals surface area contributed by atoms with Gasteiger partial charge in [0.1, 0.15) is 0 Å². The summed E-state index contributed by atoms with van der Waals surface area (Å²) in [6, 6.07) is 9.73. The summed E-state index contributed by atoms with van der Waals surface area (Å²) in [7, 11) is 0. The van der Waals surface area contributed by atoms with E-state index in [1.807, 2.05) is 0 Å². The van der Waals surface area contributed by atoms with Gasteiger partial charge in [0.15, 0.2) is 6.30 Å². The first kappa shape index (κ1) is 18.0. The van der Waals surface area contributed by atoms with E-state index in [1.165, 1.54) is 17.3 Å². The second-order valence-corrected chi connectivity index (χ2v) is 5.79. The summed E-state index contributed by atoms with van der Waals surface area (Å²) in [5.41, 5.74) is 0.805. The van der Waals surface area contributed by atoms with Gasteiger partial charge in [-0.15, -0.1) is 0 Å². The lowest BCUT2D eigenvalue weighted by Crippen LogP contribution is -2.55. The number of hydrazine groups is 1. The number of carbonyl (C=O) groups excluding carboxylic acids is 1. The van der Waals surface area contributed by atoms with Gasteiger partial charge in [-0.05, 0) is 25.1 Å². The number of pyridine rings is 1. The smallest absolute Gasteiger partial charge is 0.337 e. The third-order valence-corrected chi connectivity index (χ3v) is 4.06. The summed E-state index contributed by atoms with van der Waals surface area (Å²) >= 11 is 0. The van der Waals surface area contributed by atoms with Crippen LogP contribution in [0.1, 0.15) is 26.4 Å². The van der Waals surface area contributed by atoms with Crippen molar-refractivity contribution in [3.8, 4) is 0 Å². The molecule has 7 nitrogen and oxygen atoms in total. The van der Waals surface area contributed by atoms with Crippen molar-refractivity contribution in [2.75, 3.05) is 24.8 Å². The number of hydrogen-bond acceptors (Lipinski definition) is 5. The van der Waals surface area contributed by atoms with Gasteiger partial charge in [-0.1, -0.05) is 18.2 Å². The van der Waals surface area contributed by atoms with E-state index >= 15 is 0 Å². The SMILES string of the molecule is Cc1ncc(N(C(=O)c2ccccc2)N2CCOCC2F)cc1C(=O)O. The van der Waals surface area contributed by atoms with Gasteiger partial charge in [0, 0.05) is 12.1 Å². The maximum Gasteiger partial charge on any atom is 0.337 e. The van der Waals surface area contributed by atoms with E-state index in [0.29, 0.717) is 11.3 Å². The molecule has 2 heterocycles. The zero-order valence-electron chi connectivity index (χ0n) is 14.1. The van der Waals surface area contributed by atoms with Crippen LogP contribution in [0.4, 0.5) is 10.1 Å². The molecule has 3 rings (SSSR count). The first-order valence-corrected chi connectivity index (χ1v) is 8.07. The summed E-state index contributed by atoms with van der Waals surface area (Å²) in [6.45, 7) is 1.78. The molecule has 1 aliphatic heterocycles. The predicted molar refractivity (Wildman–Crippen MR) is 91.6 cm³/mol. The van der Waals surface area contributed by atoms with Gasteiger partial charge in [-0.25, -0.2) is 14.2 Å². The molecule has 0 radical (unpaired) electrons. The Morgan fingerprint density at radius 3 is 2.73 bits per heavy atom. The van der Waals surface area contributed by atoms with Crippen molar-refractivity contribution < 1.29 is 23.8 Å². The van der Waals surface area contributed by atoms with Gasteiger partial charge in [0.25, 0.3) is 5.91 Å². The van der Waals surface area contributed by atoms with Gasteiger partial charge in [-0.3, -0.25) is 9.78 Å². The van der Waals surface area contributed by atoms with Crippen LogP contribution < -0.4 is 5.01 Å². The van der Waals surface area contributed by atoms with Crippen molar-refractivity contribution >= 4 is 17.6 Å². The second-order valence-electron chi connectivity index (χ2n) is 5.79. The average Bonchev–Trinajstić information content (AvgIpc) is 2.65. The number of amides is 1. The first-order chi connectivity index (χ1) is 12.5. The molecule has 1 aromatic heterocycles. The van der Waals surface area contributed by atoms with Crippen LogP contribution in [0.3, 0.4) is 0 Å². The third-order valence-electron chi connectivity index (χ3n) is 4.06. The van der Waals surface area contributed by atoms with Crippen LogP contribution >= 0.6 is 0 Å². The Labute approximate surface area is 149 Å². The number of aromatic nitrogens is 1. The van der Waals surface area contributed by atoms with Gasteiger partial charge >= 0.3 is 5.97 Å². The highest BCUT2D eigenvalue weighted by molar-refractivity contribution is 6.06. The van der Waals surface area contributed by atoms with Crippen molar-refractivity contribution in [1.82, 2.24) is 9.99 Å². The molecule has 1 atom stereocenters. The molecule has 1 N–H and O–H groups in total. The van der Waals surface area contributed by atoms with Crippen molar-refractivity contribution in [3.05, 3.63) is 59.4 Å².